The third-order valence-corrected chi connectivity index (χ3v) is 7.30. The number of hydrogen-bond acceptors (Lipinski definition) is 7. The van der Waals surface area contributed by atoms with Crippen molar-refractivity contribution in [2.75, 3.05) is 19.1 Å². The van der Waals surface area contributed by atoms with Gasteiger partial charge in [-0.15, -0.1) is 0 Å². The Balaban J connectivity index is 1.75. The molecular weight excluding hydrogens is 476 g/mol. The van der Waals surface area contributed by atoms with E-state index in [1.807, 2.05) is 38.1 Å². The minimum Gasteiger partial charge on any atom is -0.507 e. The number of anilines is 1. The van der Waals surface area contributed by atoms with Crippen molar-refractivity contribution in [1.29, 1.82) is 0 Å². The quantitative estimate of drug-likeness (QED) is 0.219. The van der Waals surface area contributed by atoms with Gasteiger partial charge in [0.05, 0.1) is 30.0 Å². The van der Waals surface area contributed by atoms with Crippen molar-refractivity contribution in [2.24, 2.45) is 0 Å². The Hall–Kier alpha value is -4.17. The van der Waals surface area contributed by atoms with Gasteiger partial charge in [0.15, 0.2) is 5.13 Å². The molecule has 4 aromatic rings. The van der Waals surface area contributed by atoms with Gasteiger partial charge in [-0.05, 0) is 61.4 Å². The molecule has 36 heavy (non-hydrogen) atoms. The fourth-order valence-corrected chi connectivity index (χ4v) is 5.61. The molecule has 1 saturated heterocycles. The van der Waals surface area contributed by atoms with Crippen LogP contribution in [0.2, 0.25) is 0 Å². The van der Waals surface area contributed by atoms with Gasteiger partial charge in [-0.3, -0.25) is 14.5 Å². The van der Waals surface area contributed by atoms with Crippen LogP contribution in [0.5, 0.6) is 11.5 Å². The van der Waals surface area contributed by atoms with Crippen molar-refractivity contribution < 1.29 is 24.2 Å². The lowest BCUT2D eigenvalue weighted by atomic mass is 9.94. The first kappa shape index (κ1) is 23.6. The van der Waals surface area contributed by atoms with E-state index in [0.717, 1.165) is 21.3 Å². The fraction of sp³-hybridized carbons (Fsp3) is 0.179. The number of aliphatic hydroxyl groups is 1. The van der Waals surface area contributed by atoms with Crippen LogP contribution in [0.4, 0.5) is 5.13 Å². The Bertz CT molecular complexity index is 1550. The van der Waals surface area contributed by atoms with Gasteiger partial charge in [-0.1, -0.05) is 35.6 Å². The Kier molecular flexibility index (Phi) is 5.97. The number of carbonyl (C=O) groups excluding carboxylic acids is 2. The smallest absolute Gasteiger partial charge is 0.301 e. The molecule has 1 amide bonds. The Morgan fingerprint density at radius 1 is 0.972 bits per heavy atom. The minimum atomic E-state index is -0.926. The number of amides is 1. The summed E-state index contributed by atoms with van der Waals surface area (Å²) in [5.41, 5.74) is 3.53. The van der Waals surface area contributed by atoms with Crippen LogP contribution in [0.15, 0.2) is 66.2 Å². The number of aryl methyl sites for hydroxylation is 2. The number of methoxy groups -OCH3 is 2. The number of Topliss-reactive ketones (excluding diaryl/α,β-unsaturated/α-hetero) is 1. The second-order valence-electron chi connectivity index (χ2n) is 8.56. The maximum atomic E-state index is 13.5. The summed E-state index contributed by atoms with van der Waals surface area (Å²) in [7, 11) is 3.09. The molecule has 7 nitrogen and oxygen atoms in total. The van der Waals surface area contributed by atoms with Gasteiger partial charge >= 0.3 is 5.91 Å². The highest BCUT2D eigenvalue weighted by Crippen LogP contribution is 2.46. The number of fused-ring (bicyclic) bond motifs is 1. The van der Waals surface area contributed by atoms with E-state index in [4.69, 9.17) is 9.47 Å². The highest BCUT2D eigenvalue weighted by Gasteiger charge is 2.49. The molecule has 2 heterocycles. The zero-order valence-electron chi connectivity index (χ0n) is 20.2. The van der Waals surface area contributed by atoms with E-state index in [9.17, 15) is 14.7 Å². The summed E-state index contributed by atoms with van der Waals surface area (Å²) in [6.45, 7) is 3.83. The molecule has 1 atom stereocenters. The maximum Gasteiger partial charge on any atom is 0.301 e. The van der Waals surface area contributed by atoms with Crippen molar-refractivity contribution in [3.8, 4) is 11.5 Å². The van der Waals surface area contributed by atoms with Crippen LogP contribution < -0.4 is 14.4 Å². The maximum absolute atomic E-state index is 13.5. The lowest BCUT2D eigenvalue weighted by molar-refractivity contribution is -0.132. The van der Waals surface area contributed by atoms with Crippen LogP contribution in [-0.2, 0) is 9.59 Å². The van der Waals surface area contributed by atoms with E-state index >= 15 is 0 Å². The molecule has 0 radical (unpaired) electrons. The molecule has 1 N–H and O–H groups in total. The van der Waals surface area contributed by atoms with E-state index < -0.39 is 17.7 Å². The molecule has 5 rings (SSSR count). The number of carbonyl (C=O) groups is 2. The predicted molar refractivity (Wildman–Crippen MR) is 140 cm³/mol. The largest absolute Gasteiger partial charge is 0.507 e. The van der Waals surface area contributed by atoms with Crippen LogP contribution in [0.25, 0.3) is 16.0 Å². The number of ether oxygens (including phenoxy) is 2. The van der Waals surface area contributed by atoms with Crippen LogP contribution in [0, 0.1) is 13.8 Å². The van der Waals surface area contributed by atoms with Crippen molar-refractivity contribution >= 4 is 44.1 Å². The fourth-order valence-electron chi connectivity index (χ4n) is 4.52. The van der Waals surface area contributed by atoms with Gasteiger partial charge in [0, 0.05) is 11.1 Å². The molecule has 1 unspecified atom stereocenters. The molecular formula is C28H24N2O5S. The van der Waals surface area contributed by atoms with Crippen molar-refractivity contribution in [3.05, 3.63) is 88.5 Å². The Labute approximate surface area is 212 Å². The first-order valence-electron chi connectivity index (χ1n) is 11.3. The van der Waals surface area contributed by atoms with Crippen LogP contribution in [0.1, 0.15) is 28.3 Å². The molecule has 0 spiro atoms. The summed E-state index contributed by atoms with van der Waals surface area (Å²) >= 11 is 1.32. The number of para-hydroxylation sites is 1. The second kappa shape index (κ2) is 9.13. The summed E-state index contributed by atoms with van der Waals surface area (Å²) in [5, 5.41) is 11.8. The highest BCUT2D eigenvalue weighted by molar-refractivity contribution is 7.22. The zero-order valence-corrected chi connectivity index (χ0v) is 21.1. The van der Waals surface area contributed by atoms with Gasteiger partial charge in [0.25, 0.3) is 5.78 Å². The monoisotopic (exact) mass is 500 g/mol. The molecule has 1 fully saturated rings. The van der Waals surface area contributed by atoms with Gasteiger partial charge in [-0.25, -0.2) is 4.98 Å². The number of ketones is 1. The van der Waals surface area contributed by atoms with E-state index in [1.54, 1.807) is 43.5 Å². The predicted octanol–water partition coefficient (Wildman–Crippen LogP) is 5.56. The molecule has 8 heteroatoms. The van der Waals surface area contributed by atoms with E-state index in [2.05, 4.69) is 4.98 Å². The lowest BCUT2D eigenvalue weighted by Crippen LogP contribution is -2.29. The lowest BCUT2D eigenvalue weighted by Gasteiger charge is -2.24. The number of rotatable bonds is 5. The molecule has 0 aliphatic carbocycles. The van der Waals surface area contributed by atoms with Gasteiger partial charge in [-0.2, -0.15) is 0 Å². The number of aliphatic hydroxyl groups excluding tert-OH is 1. The number of benzene rings is 3. The summed E-state index contributed by atoms with van der Waals surface area (Å²) in [5.74, 6) is -0.670. The normalized spacial score (nSPS) is 17.1. The molecule has 1 aromatic heterocycles. The Morgan fingerprint density at radius 2 is 1.72 bits per heavy atom. The molecule has 1 aliphatic rings. The van der Waals surface area contributed by atoms with Crippen molar-refractivity contribution in [1.82, 2.24) is 4.98 Å². The van der Waals surface area contributed by atoms with Crippen LogP contribution >= 0.6 is 11.3 Å². The Morgan fingerprint density at radius 3 is 2.44 bits per heavy atom. The summed E-state index contributed by atoms with van der Waals surface area (Å²) in [6.07, 6.45) is 0. The molecule has 0 bridgehead atoms. The van der Waals surface area contributed by atoms with Crippen LogP contribution in [0.3, 0.4) is 0 Å². The first-order chi connectivity index (χ1) is 17.3. The summed E-state index contributed by atoms with van der Waals surface area (Å²) < 4.78 is 11.8. The van der Waals surface area contributed by atoms with Gasteiger partial charge in [0.2, 0.25) is 0 Å². The van der Waals surface area contributed by atoms with E-state index in [-0.39, 0.29) is 11.3 Å². The molecule has 1 aliphatic heterocycles. The topological polar surface area (TPSA) is 89.0 Å². The molecule has 3 aromatic carbocycles. The number of hydrogen-bond donors (Lipinski definition) is 1. The molecule has 0 saturated carbocycles. The van der Waals surface area contributed by atoms with Crippen LogP contribution in [-0.4, -0.2) is 36.0 Å². The van der Waals surface area contributed by atoms with Crippen molar-refractivity contribution in [3.63, 3.8) is 0 Å². The zero-order chi connectivity index (χ0) is 25.6. The molecule has 182 valence electrons. The average Bonchev–Trinajstić information content (AvgIpc) is 3.41. The summed E-state index contributed by atoms with van der Waals surface area (Å²) in [4.78, 5) is 33.0. The average molecular weight is 501 g/mol. The first-order valence-corrected chi connectivity index (χ1v) is 12.1. The third kappa shape index (κ3) is 3.79. The number of nitrogens with zero attached hydrogens (tertiary/aromatic N) is 2. The number of thiazole rings is 1. The highest BCUT2D eigenvalue weighted by atomic mass is 32.1. The van der Waals surface area contributed by atoms with Crippen molar-refractivity contribution in [2.45, 2.75) is 19.9 Å². The van der Waals surface area contributed by atoms with E-state index in [1.165, 1.54) is 23.3 Å². The third-order valence-electron chi connectivity index (χ3n) is 6.28. The SMILES string of the molecule is COc1ccc(/C(O)=C2\C(=O)C(=O)N(c3nc4ccc(C)cc4s3)C2c2ccccc2OC)cc1C. The van der Waals surface area contributed by atoms with Gasteiger partial charge < -0.3 is 14.6 Å². The standard InChI is InChI=1S/C28H24N2O5S/c1-15-9-11-19-22(13-15)36-28(29-19)30-24(18-7-5-6-8-21(18)35-4)23(26(32)27(30)33)25(31)17-10-12-20(34-3)16(2)14-17/h5-14,24,31H,1-4H3/b25-23+. The number of aromatic nitrogens is 1. The van der Waals surface area contributed by atoms with E-state index in [0.29, 0.717) is 27.8 Å². The second-order valence-corrected chi connectivity index (χ2v) is 9.57. The summed E-state index contributed by atoms with van der Waals surface area (Å²) in [6, 6.07) is 17.2. The van der Waals surface area contributed by atoms with Gasteiger partial charge in [0.1, 0.15) is 23.3 Å². The minimum absolute atomic E-state index is 0.0236.